The smallest absolute Gasteiger partial charge is 0.409 e. The van der Waals surface area contributed by atoms with Crippen LogP contribution in [0.25, 0.3) is 0 Å². The van der Waals surface area contributed by atoms with Gasteiger partial charge in [-0.2, -0.15) is 0 Å². The highest BCUT2D eigenvalue weighted by Crippen LogP contribution is 2.24. The normalized spacial score (nSPS) is 14.7. The first-order chi connectivity index (χ1) is 12.7. The fourth-order valence-electron chi connectivity index (χ4n) is 2.91. The summed E-state index contributed by atoms with van der Waals surface area (Å²) in [5.41, 5.74) is 1.69. The van der Waals surface area contributed by atoms with Crippen LogP contribution in [0.15, 0.2) is 18.2 Å². The highest BCUT2D eigenvalue weighted by molar-refractivity contribution is 6.09. The predicted octanol–water partition coefficient (Wildman–Crippen LogP) is 2.57. The van der Waals surface area contributed by atoms with Crippen LogP contribution in [-0.2, 0) is 14.3 Å². The van der Waals surface area contributed by atoms with Gasteiger partial charge in [-0.3, -0.25) is 9.59 Å². The summed E-state index contributed by atoms with van der Waals surface area (Å²) in [6.07, 6.45) is -0.364. The molecule has 27 heavy (non-hydrogen) atoms. The molecule has 0 bridgehead atoms. The average Bonchev–Trinajstić information content (AvgIpc) is 2.64. The second kappa shape index (κ2) is 8.41. The molecule has 1 heterocycles. The first-order valence-corrected chi connectivity index (χ1v) is 9.26. The molecule has 1 aliphatic rings. The molecule has 7 heteroatoms. The first kappa shape index (κ1) is 20.7. The summed E-state index contributed by atoms with van der Waals surface area (Å²) in [6, 6.07) is 5.67. The molecule has 1 aromatic rings. The van der Waals surface area contributed by atoms with Gasteiger partial charge in [-0.15, -0.1) is 0 Å². The van der Waals surface area contributed by atoms with Crippen molar-refractivity contribution in [2.45, 2.75) is 34.6 Å². The van der Waals surface area contributed by atoms with Crippen molar-refractivity contribution < 1.29 is 19.1 Å². The van der Waals surface area contributed by atoms with E-state index in [1.807, 2.05) is 32.0 Å². The summed E-state index contributed by atoms with van der Waals surface area (Å²) >= 11 is 0. The Hall–Kier alpha value is -2.57. The van der Waals surface area contributed by atoms with E-state index in [-0.39, 0.29) is 17.9 Å². The van der Waals surface area contributed by atoms with E-state index in [1.54, 1.807) is 30.6 Å². The van der Waals surface area contributed by atoms with Crippen LogP contribution in [0.4, 0.5) is 10.5 Å². The Kier molecular flexibility index (Phi) is 6.46. The maximum absolute atomic E-state index is 12.9. The lowest BCUT2D eigenvalue weighted by molar-refractivity contribution is -0.147. The van der Waals surface area contributed by atoms with Crippen molar-refractivity contribution >= 4 is 23.6 Å². The van der Waals surface area contributed by atoms with Gasteiger partial charge in [0, 0.05) is 31.9 Å². The summed E-state index contributed by atoms with van der Waals surface area (Å²) in [7, 11) is 0. The second-order valence-electron chi connectivity index (χ2n) is 7.36. The van der Waals surface area contributed by atoms with E-state index in [4.69, 9.17) is 4.74 Å². The molecule has 0 radical (unpaired) electrons. The van der Waals surface area contributed by atoms with Crippen LogP contribution in [0.2, 0.25) is 0 Å². The molecule has 1 fully saturated rings. The Morgan fingerprint density at radius 1 is 1.04 bits per heavy atom. The molecular formula is C20H29N3O4. The number of aryl methyl sites for hydroxylation is 2. The molecule has 1 N–H and O–H groups in total. The van der Waals surface area contributed by atoms with Crippen LogP contribution in [0.3, 0.4) is 0 Å². The average molecular weight is 375 g/mol. The van der Waals surface area contributed by atoms with E-state index in [1.165, 1.54) is 0 Å². The first-order valence-electron chi connectivity index (χ1n) is 9.26. The molecule has 0 atom stereocenters. The van der Waals surface area contributed by atoms with Gasteiger partial charge in [-0.1, -0.05) is 6.07 Å². The monoisotopic (exact) mass is 375 g/mol. The third-order valence-electron chi connectivity index (χ3n) is 4.96. The summed E-state index contributed by atoms with van der Waals surface area (Å²) in [6.45, 7) is 10.9. The van der Waals surface area contributed by atoms with Gasteiger partial charge in [-0.05, 0) is 57.9 Å². The molecule has 3 amide bonds. The molecule has 0 saturated carbocycles. The molecule has 0 unspecified atom stereocenters. The number of rotatable bonds is 4. The Balaban J connectivity index is 1.98. The van der Waals surface area contributed by atoms with Crippen molar-refractivity contribution in [2.75, 3.05) is 38.1 Å². The van der Waals surface area contributed by atoms with Crippen molar-refractivity contribution in [1.29, 1.82) is 0 Å². The van der Waals surface area contributed by atoms with Crippen molar-refractivity contribution in [3.63, 3.8) is 0 Å². The Labute approximate surface area is 160 Å². The fraction of sp³-hybridized carbons (Fsp3) is 0.550. The maximum atomic E-state index is 12.9. The zero-order valence-corrected chi connectivity index (χ0v) is 16.8. The van der Waals surface area contributed by atoms with Crippen LogP contribution >= 0.6 is 0 Å². The van der Waals surface area contributed by atoms with Crippen molar-refractivity contribution in [3.8, 4) is 0 Å². The van der Waals surface area contributed by atoms with Crippen LogP contribution in [-0.4, -0.2) is 60.5 Å². The third-order valence-corrected chi connectivity index (χ3v) is 4.96. The number of carbonyl (C=O) groups is 3. The van der Waals surface area contributed by atoms with Crippen molar-refractivity contribution in [2.24, 2.45) is 5.41 Å². The highest BCUT2D eigenvalue weighted by atomic mass is 16.6. The summed E-state index contributed by atoms with van der Waals surface area (Å²) < 4.78 is 4.99. The molecule has 0 spiro atoms. The highest BCUT2D eigenvalue weighted by Gasteiger charge is 2.40. The van der Waals surface area contributed by atoms with Gasteiger partial charge in [0.1, 0.15) is 5.41 Å². The van der Waals surface area contributed by atoms with Gasteiger partial charge in [-0.25, -0.2) is 4.79 Å². The lowest BCUT2D eigenvalue weighted by Gasteiger charge is -2.37. The molecular weight excluding hydrogens is 346 g/mol. The molecule has 1 aliphatic heterocycles. The second-order valence-corrected chi connectivity index (χ2v) is 7.36. The Bertz CT molecular complexity index is 722. The van der Waals surface area contributed by atoms with Gasteiger partial charge in [0.2, 0.25) is 11.8 Å². The number of amides is 3. The number of piperazine rings is 1. The minimum atomic E-state index is -1.20. The topological polar surface area (TPSA) is 79.0 Å². The molecule has 7 nitrogen and oxygen atoms in total. The van der Waals surface area contributed by atoms with E-state index in [0.29, 0.717) is 38.5 Å². The van der Waals surface area contributed by atoms with Gasteiger partial charge in [0.15, 0.2) is 0 Å². The lowest BCUT2D eigenvalue weighted by Crippen LogP contribution is -2.55. The van der Waals surface area contributed by atoms with Gasteiger partial charge >= 0.3 is 6.09 Å². The SMILES string of the molecule is CCOC(=O)N1CCN(C(=O)C(C)(C)C(=O)Nc2ccc(C)c(C)c2)CC1. The van der Waals surface area contributed by atoms with Crippen molar-refractivity contribution in [1.82, 2.24) is 9.80 Å². The van der Waals surface area contributed by atoms with Crippen LogP contribution < -0.4 is 5.32 Å². The Morgan fingerprint density at radius 2 is 1.63 bits per heavy atom. The van der Waals surface area contributed by atoms with Crippen molar-refractivity contribution in [3.05, 3.63) is 29.3 Å². The number of carbonyl (C=O) groups excluding carboxylic acids is 3. The molecule has 1 aromatic carbocycles. The summed E-state index contributed by atoms with van der Waals surface area (Å²) in [5.74, 6) is -0.587. The largest absolute Gasteiger partial charge is 0.450 e. The molecule has 1 saturated heterocycles. The number of nitrogens with one attached hydrogen (secondary N) is 1. The Morgan fingerprint density at radius 3 is 2.19 bits per heavy atom. The maximum Gasteiger partial charge on any atom is 0.409 e. The third kappa shape index (κ3) is 4.78. The van der Waals surface area contributed by atoms with Gasteiger partial charge in [0.25, 0.3) is 0 Å². The summed E-state index contributed by atoms with van der Waals surface area (Å²) in [5, 5.41) is 2.84. The zero-order chi connectivity index (χ0) is 20.2. The number of hydrogen-bond donors (Lipinski definition) is 1. The van der Waals surface area contributed by atoms with E-state index in [0.717, 1.165) is 11.1 Å². The standard InChI is InChI=1S/C20H29N3O4/c1-6-27-19(26)23-11-9-22(10-12-23)18(25)20(4,5)17(24)21-16-8-7-14(2)15(3)13-16/h7-8,13H,6,9-12H2,1-5H3,(H,21,24). The number of benzene rings is 1. The van der Waals surface area contributed by atoms with Gasteiger partial charge in [0.05, 0.1) is 6.61 Å². The lowest BCUT2D eigenvalue weighted by atomic mass is 9.89. The fourth-order valence-corrected chi connectivity index (χ4v) is 2.91. The zero-order valence-electron chi connectivity index (χ0n) is 16.8. The molecule has 2 rings (SSSR count). The van der Waals surface area contributed by atoms with Crippen LogP contribution in [0, 0.1) is 19.3 Å². The number of hydrogen-bond acceptors (Lipinski definition) is 4. The van der Waals surface area contributed by atoms with Crippen LogP contribution in [0.1, 0.15) is 31.9 Å². The van der Waals surface area contributed by atoms with Crippen LogP contribution in [0.5, 0.6) is 0 Å². The van der Waals surface area contributed by atoms with Gasteiger partial charge < -0.3 is 19.9 Å². The molecule has 0 aromatic heterocycles. The van der Waals surface area contributed by atoms with E-state index >= 15 is 0 Å². The van der Waals surface area contributed by atoms with E-state index < -0.39 is 5.41 Å². The molecule has 0 aliphatic carbocycles. The minimum absolute atomic E-state index is 0.243. The number of anilines is 1. The number of nitrogens with zero attached hydrogens (tertiary/aromatic N) is 2. The summed E-state index contributed by atoms with van der Waals surface area (Å²) in [4.78, 5) is 40.6. The molecule has 148 valence electrons. The van der Waals surface area contributed by atoms with E-state index in [9.17, 15) is 14.4 Å². The van der Waals surface area contributed by atoms with E-state index in [2.05, 4.69) is 5.32 Å². The predicted molar refractivity (Wildman–Crippen MR) is 104 cm³/mol. The number of ether oxygens (including phenoxy) is 1. The minimum Gasteiger partial charge on any atom is -0.450 e. The quantitative estimate of drug-likeness (QED) is 0.821.